The van der Waals surface area contributed by atoms with E-state index in [9.17, 15) is 14.0 Å². The Morgan fingerprint density at radius 1 is 1.16 bits per heavy atom. The molecule has 5 nitrogen and oxygen atoms in total. The molecule has 3 saturated carbocycles. The van der Waals surface area contributed by atoms with Crippen LogP contribution in [0.3, 0.4) is 0 Å². The molecule has 0 N–H and O–H groups in total. The summed E-state index contributed by atoms with van der Waals surface area (Å²) >= 11 is 0. The molecule has 0 radical (unpaired) electrons. The maximum Gasteiger partial charge on any atom is 0.302 e. The van der Waals surface area contributed by atoms with Crippen LogP contribution in [-0.2, 0) is 23.8 Å². The second-order valence-corrected chi connectivity index (χ2v) is 11.8. The van der Waals surface area contributed by atoms with Crippen molar-refractivity contribution in [2.75, 3.05) is 6.67 Å². The topological polar surface area (TPSA) is 61.8 Å². The predicted octanol–water partition coefficient (Wildman–Crippen LogP) is 4.92. The number of allylic oxidation sites excluding steroid dienone is 1. The molecule has 0 spiro atoms. The van der Waals surface area contributed by atoms with E-state index in [2.05, 4.69) is 19.9 Å². The van der Waals surface area contributed by atoms with Crippen LogP contribution in [0.15, 0.2) is 11.6 Å². The van der Waals surface area contributed by atoms with Crippen molar-refractivity contribution in [2.45, 2.75) is 103 Å². The number of ketones is 1. The number of carbonyl (C=O) groups excluding carboxylic acids is 2. The maximum atomic E-state index is 13.9. The first-order chi connectivity index (χ1) is 15.0. The molecule has 1 aliphatic heterocycles. The largest absolute Gasteiger partial charge is 0.462 e. The van der Waals surface area contributed by atoms with E-state index in [4.69, 9.17) is 14.2 Å². The van der Waals surface area contributed by atoms with E-state index in [1.807, 2.05) is 13.8 Å². The van der Waals surface area contributed by atoms with Gasteiger partial charge in [0.15, 0.2) is 23.8 Å². The summed E-state index contributed by atoms with van der Waals surface area (Å²) in [6.07, 6.45) is 8.27. The van der Waals surface area contributed by atoms with E-state index < -0.39 is 29.3 Å². The summed E-state index contributed by atoms with van der Waals surface area (Å²) in [7, 11) is 0. The van der Waals surface area contributed by atoms with Crippen molar-refractivity contribution in [3.05, 3.63) is 11.6 Å². The molecule has 1 saturated heterocycles. The van der Waals surface area contributed by atoms with Gasteiger partial charge >= 0.3 is 5.97 Å². The van der Waals surface area contributed by atoms with E-state index in [-0.39, 0.29) is 29.5 Å². The second-order valence-electron chi connectivity index (χ2n) is 11.8. The van der Waals surface area contributed by atoms with E-state index >= 15 is 0 Å². The Hall–Kier alpha value is -1.27. The van der Waals surface area contributed by atoms with Crippen molar-refractivity contribution < 1.29 is 28.2 Å². The first-order valence-corrected chi connectivity index (χ1v) is 12.3. The lowest BCUT2D eigenvalue weighted by Crippen LogP contribution is -2.60. The number of fused-ring (bicyclic) bond motifs is 7. The van der Waals surface area contributed by atoms with Gasteiger partial charge in [-0.3, -0.25) is 9.59 Å². The molecular formula is C26H37FO5. The molecule has 0 aromatic carbocycles. The van der Waals surface area contributed by atoms with Gasteiger partial charge in [0.25, 0.3) is 0 Å². The maximum absolute atomic E-state index is 13.9. The first-order valence-electron chi connectivity index (χ1n) is 12.3. The Bertz CT molecular complexity index is 866. The van der Waals surface area contributed by atoms with Crippen molar-refractivity contribution in [1.82, 2.24) is 0 Å². The van der Waals surface area contributed by atoms with Gasteiger partial charge in [-0.2, -0.15) is 0 Å². The highest BCUT2D eigenvalue weighted by molar-refractivity contribution is 5.91. The SMILES string of the molecule is CC(=O)O[C@H]1CC[C@@]2(C)C(=CC[C@@H]3[C@@H]2CC[C@@]2(C)[C@H]3C[C@H]3OC(C)(C)O[C@]32C(=O)CF)C1. The quantitative estimate of drug-likeness (QED) is 0.453. The third kappa shape index (κ3) is 2.87. The molecule has 32 heavy (non-hydrogen) atoms. The highest BCUT2D eigenvalue weighted by atomic mass is 19.1. The van der Waals surface area contributed by atoms with Crippen LogP contribution in [0.25, 0.3) is 0 Å². The lowest BCUT2D eigenvalue weighted by Gasteiger charge is -2.59. The minimum atomic E-state index is -1.18. The number of rotatable bonds is 3. The number of ether oxygens (including phenoxy) is 3. The smallest absolute Gasteiger partial charge is 0.302 e. The number of carbonyl (C=O) groups is 2. The first kappa shape index (κ1) is 22.5. The molecule has 5 rings (SSSR count). The highest BCUT2D eigenvalue weighted by Crippen LogP contribution is 2.70. The number of esters is 1. The fourth-order valence-corrected chi connectivity index (χ4v) is 8.67. The average Bonchev–Trinajstić information content (AvgIpc) is 3.13. The van der Waals surface area contributed by atoms with Crippen molar-refractivity contribution >= 4 is 11.8 Å². The van der Waals surface area contributed by atoms with Gasteiger partial charge < -0.3 is 14.2 Å². The zero-order valence-corrected chi connectivity index (χ0v) is 20.0. The molecule has 0 amide bonds. The number of Topliss-reactive ketones (excluding diaryl/α,β-unsaturated/α-hetero) is 1. The summed E-state index contributed by atoms with van der Waals surface area (Å²) in [5.74, 6) is -0.317. The minimum Gasteiger partial charge on any atom is -0.462 e. The Balaban J connectivity index is 1.47. The summed E-state index contributed by atoms with van der Waals surface area (Å²) in [5, 5.41) is 0. The Kier molecular flexibility index (Phi) is 5.01. The molecule has 4 aliphatic carbocycles. The van der Waals surface area contributed by atoms with Gasteiger partial charge in [0.2, 0.25) is 0 Å². The second kappa shape index (κ2) is 7.11. The van der Waals surface area contributed by atoms with Gasteiger partial charge in [0.1, 0.15) is 6.10 Å². The lowest BCUT2D eigenvalue weighted by atomic mass is 9.46. The Morgan fingerprint density at radius 3 is 2.59 bits per heavy atom. The van der Waals surface area contributed by atoms with Crippen molar-refractivity contribution in [2.24, 2.45) is 28.6 Å². The average molecular weight is 449 g/mol. The summed E-state index contributed by atoms with van der Waals surface area (Å²) in [6.45, 7) is 8.69. The van der Waals surface area contributed by atoms with Crippen LogP contribution >= 0.6 is 0 Å². The van der Waals surface area contributed by atoms with Gasteiger partial charge in [-0.25, -0.2) is 4.39 Å². The van der Waals surface area contributed by atoms with Crippen LogP contribution in [0.2, 0.25) is 0 Å². The van der Waals surface area contributed by atoms with Crippen LogP contribution in [0.4, 0.5) is 4.39 Å². The van der Waals surface area contributed by atoms with E-state index in [1.165, 1.54) is 12.5 Å². The van der Waals surface area contributed by atoms with Gasteiger partial charge in [0.05, 0.1) is 6.10 Å². The van der Waals surface area contributed by atoms with Crippen LogP contribution in [0.1, 0.15) is 79.6 Å². The summed E-state index contributed by atoms with van der Waals surface area (Å²) in [5.41, 5.74) is -0.0802. The van der Waals surface area contributed by atoms with Crippen molar-refractivity contribution in [3.63, 3.8) is 0 Å². The van der Waals surface area contributed by atoms with E-state index in [0.717, 1.165) is 44.9 Å². The lowest BCUT2D eigenvalue weighted by molar-refractivity contribution is -0.214. The molecule has 5 aliphatic rings. The van der Waals surface area contributed by atoms with Gasteiger partial charge in [0, 0.05) is 18.8 Å². The molecule has 0 bridgehead atoms. The molecule has 6 heteroatoms. The Labute approximate surface area is 190 Å². The van der Waals surface area contributed by atoms with Gasteiger partial charge in [-0.15, -0.1) is 0 Å². The number of alkyl halides is 1. The zero-order chi connectivity index (χ0) is 23.1. The molecule has 0 aromatic rings. The minimum absolute atomic E-state index is 0.0162. The number of halogens is 1. The molecule has 4 fully saturated rings. The molecule has 0 unspecified atom stereocenters. The highest BCUT2D eigenvalue weighted by Gasteiger charge is 2.75. The summed E-state index contributed by atoms with van der Waals surface area (Å²) in [6, 6.07) is 0. The number of hydrogen-bond donors (Lipinski definition) is 0. The van der Waals surface area contributed by atoms with Crippen molar-refractivity contribution in [1.29, 1.82) is 0 Å². The molecule has 8 atom stereocenters. The molecular weight excluding hydrogens is 411 g/mol. The zero-order valence-electron chi connectivity index (χ0n) is 20.0. The van der Waals surface area contributed by atoms with E-state index in [0.29, 0.717) is 11.8 Å². The van der Waals surface area contributed by atoms with Crippen molar-refractivity contribution in [3.8, 4) is 0 Å². The van der Waals surface area contributed by atoms with Crippen LogP contribution in [0, 0.1) is 28.6 Å². The predicted molar refractivity (Wildman–Crippen MR) is 116 cm³/mol. The van der Waals surface area contributed by atoms with Crippen LogP contribution in [-0.4, -0.2) is 42.0 Å². The molecule has 1 heterocycles. The third-order valence-electron chi connectivity index (χ3n) is 9.92. The third-order valence-corrected chi connectivity index (χ3v) is 9.92. The van der Waals surface area contributed by atoms with E-state index in [1.54, 1.807) is 0 Å². The van der Waals surface area contributed by atoms with Crippen LogP contribution < -0.4 is 0 Å². The van der Waals surface area contributed by atoms with Crippen LogP contribution in [0.5, 0.6) is 0 Å². The van der Waals surface area contributed by atoms with Gasteiger partial charge in [-0.1, -0.05) is 25.5 Å². The normalized spacial score (nSPS) is 48.7. The summed E-state index contributed by atoms with van der Waals surface area (Å²) < 4.78 is 32.0. The number of hydrogen-bond acceptors (Lipinski definition) is 5. The fourth-order valence-electron chi connectivity index (χ4n) is 8.67. The Morgan fingerprint density at radius 2 is 1.91 bits per heavy atom. The summed E-state index contributed by atoms with van der Waals surface area (Å²) in [4.78, 5) is 24.6. The standard InChI is InChI=1S/C26H37FO5/c1-15(28)30-17-8-10-24(4)16(12-17)6-7-18-19(24)9-11-25(5)20(18)13-22-26(25,21(29)14-27)32-23(2,3)31-22/h6,17-20,22H,7-14H2,1-5H3/t17-,18+,19-,20-,22+,24-,25-,26+/m0/s1. The van der Waals surface area contributed by atoms with Gasteiger partial charge in [-0.05, 0) is 75.5 Å². The monoisotopic (exact) mass is 448 g/mol. The molecule has 178 valence electrons. The molecule has 0 aromatic heterocycles. The fraction of sp³-hybridized carbons (Fsp3) is 0.846.